The average Bonchev–Trinajstić information content (AvgIpc) is 3.01. The minimum atomic E-state index is -0.763. The third-order valence-electron chi connectivity index (χ3n) is 4.66. The maximum absolute atomic E-state index is 12.1. The SMILES string of the molecule is O=C(O)CCCSCCN1C(=O)CC[C@@H]1C=C[C@@H](O)CCc1ccccc1. The number of nitrogens with zero attached hydrogens (tertiary/aromatic N) is 1. The highest BCUT2D eigenvalue weighted by Gasteiger charge is 2.28. The van der Waals surface area contributed by atoms with Crippen LogP contribution < -0.4 is 0 Å². The predicted octanol–water partition coefficient (Wildman–Crippen LogP) is 3.13. The van der Waals surface area contributed by atoms with E-state index in [1.54, 1.807) is 11.8 Å². The number of aryl methyl sites for hydroxylation is 1. The van der Waals surface area contributed by atoms with Gasteiger partial charge in [0.05, 0.1) is 12.1 Å². The molecule has 0 spiro atoms. The van der Waals surface area contributed by atoms with Crippen molar-refractivity contribution in [2.45, 2.75) is 50.7 Å². The molecule has 1 aliphatic heterocycles. The highest BCUT2D eigenvalue weighted by atomic mass is 32.2. The number of benzene rings is 1. The maximum Gasteiger partial charge on any atom is 0.303 e. The Balaban J connectivity index is 1.70. The van der Waals surface area contributed by atoms with Gasteiger partial charge in [-0.1, -0.05) is 42.5 Å². The Morgan fingerprint density at radius 3 is 2.81 bits per heavy atom. The smallest absolute Gasteiger partial charge is 0.303 e. The number of carbonyl (C=O) groups is 2. The Morgan fingerprint density at radius 1 is 1.30 bits per heavy atom. The molecule has 0 aromatic heterocycles. The van der Waals surface area contributed by atoms with E-state index in [0.29, 0.717) is 25.8 Å². The molecule has 0 aliphatic carbocycles. The Hall–Kier alpha value is -1.79. The Kier molecular flexibility index (Phi) is 9.42. The summed E-state index contributed by atoms with van der Waals surface area (Å²) < 4.78 is 0. The largest absolute Gasteiger partial charge is 0.481 e. The molecular formula is C21H29NO4S. The van der Waals surface area contributed by atoms with Gasteiger partial charge in [0.2, 0.25) is 5.91 Å². The molecule has 0 saturated carbocycles. The number of aliphatic hydroxyl groups excluding tert-OH is 1. The quantitative estimate of drug-likeness (QED) is 0.423. The number of thioether (sulfide) groups is 1. The van der Waals surface area contributed by atoms with Crippen molar-refractivity contribution < 1.29 is 19.8 Å². The average molecular weight is 392 g/mol. The monoisotopic (exact) mass is 391 g/mol. The summed E-state index contributed by atoms with van der Waals surface area (Å²) in [4.78, 5) is 24.5. The van der Waals surface area contributed by atoms with Crippen LogP contribution in [0.4, 0.5) is 0 Å². The van der Waals surface area contributed by atoms with Gasteiger partial charge in [-0.2, -0.15) is 11.8 Å². The van der Waals surface area contributed by atoms with Crippen LogP contribution >= 0.6 is 11.8 Å². The van der Waals surface area contributed by atoms with Gasteiger partial charge in [0.1, 0.15) is 0 Å². The number of amides is 1. The topological polar surface area (TPSA) is 77.8 Å². The van der Waals surface area contributed by atoms with E-state index < -0.39 is 12.1 Å². The molecule has 5 nitrogen and oxygen atoms in total. The first kappa shape index (κ1) is 21.5. The summed E-state index contributed by atoms with van der Waals surface area (Å²) >= 11 is 1.69. The molecule has 1 saturated heterocycles. The fourth-order valence-electron chi connectivity index (χ4n) is 3.15. The molecule has 6 heteroatoms. The fraction of sp³-hybridized carbons (Fsp3) is 0.524. The number of aliphatic hydroxyl groups is 1. The molecule has 1 amide bonds. The van der Waals surface area contributed by atoms with Gasteiger partial charge in [-0.25, -0.2) is 0 Å². The van der Waals surface area contributed by atoms with Crippen LogP contribution in [0.3, 0.4) is 0 Å². The van der Waals surface area contributed by atoms with E-state index in [1.807, 2.05) is 35.3 Å². The van der Waals surface area contributed by atoms with Gasteiger partial charge < -0.3 is 15.1 Å². The minimum Gasteiger partial charge on any atom is -0.481 e. The lowest BCUT2D eigenvalue weighted by atomic mass is 10.1. The molecule has 1 heterocycles. The van der Waals surface area contributed by atoms with Gasteiger partial charge in [0.25, 0.3) is 0 Å². The summed E-state index contributed by atoms with van der Waals surface area (Å²) in [6.45, 7) is 0.672. The highest BCUT2D eigenvalue weighted by Crippen LogP contribution is 2.21. The molecular weight excluding hydrogens is 362 g/mol. The molecule has 0 unspecified atom stereocenters. The van der Waals surface area contributed by atoms with E-state index in [-0.39, 0.29) is 18.4 Å². The molecule has 0 radical (unpaired) electrons. The van der Waals surface area contributed by atoms with Crippen LogP contribution in [0.5, 0.6) is 0 Å². The van der Waals surface area contributed by atoms with Crippen molar-refractivity contribution in [1.82, 2.24) is 4.90 Å². The third-order valence-corrected chi connectivity index (χ3v) is 5.71. The molecule has 2 atom stereocenters. The number of likely N-dealkylation sites (tertiary alicyclic amines) is 1. The summed E-state index contributed by atoms with van der Waals surface area (Å²) in [5.74, 6) is 1.01. The van der Waals surface area contributed by atoms with E-state index >= 15 is 0 Å². The third kappa shape index (κ3) is 8.18. The van der Waals surface area contributed by atoms with Gasteiger partial charge in [-0.3, -0.25) is 9.59 Å². The first-order valence-electron chi connectivity index (χ1n) is 9.55. The van der Waals surface area contributed by atoms with Crippen LogP contribution in [-0.4, -0.2) is 57.2 Å². The zero-order chi connectivity index (χ0) is 19.5. The van der Waals surface area contributed by atoms with Crippen molar-refractivity contribution in [3.05, 3.63) is 48.0 Å². The normalized spacial score (nSPS) is 18.3. The fourth-order valence-corrected chi connectivity index (χ4v) is 4.03. The van der Waals surface area contributed by atoms with E-state index in [9.17, 15) is 14.7 Å². The van der Waals surface area contributed by atoms with Crippen LogP contribution in [0, 0.1) is 0 Å². The molecule has 1 aromatic carbocycles. The first-order valence-corrected chi connectivity index (χ1v) is 10.7. The van der Waals surface area contributed by atoms with Crippen molar-refractivity contribution >= 4 is 23.6 Å². The zero-order valence-electron chi connectivity index (χ0n) is 15.6. The Morgan fingerprint density at radius 2 is 2.07 bits per heavy atom. The number of carboxylic acids is 1. The molecule has 27 heavy (non-hydrogen) atoms. The van der Waals surface area contributed by atoms with Crippen molar-refractivity contribution in [2.24, 2.45) is 0 Å². The predicted molar refractivity (Wildman–Crippen MR) is 109 cm³/mol. The van der Waals surface area contributed by atoms with Gasteiger partial charge >= 0.3 is 5.97 Å². The molecule has 148 valence electrons. The lowest BCUT2D eigenvalue weighted by molar-refractivity contribution is -0.137. The van der Waals surface area contributed by atoms with E-state index in [4.69, 9.17) is 5.11 Å². The van der Waals surface area contributed by atoms with E-state index in [0.717, 1.165) is 24.3 Å². The van der Waals surface area contributed by atoms with Crippen molar-refractivity contribution in [3.63, 3.8) is 0 Å². The van der Waals surface area contributed by atoms with Crippen LogP contribution in [0.2, 0.25) is 0 Å². The van der Waals surface area contributed by atoms with Gasteiger partial charge in [0.15, 0.2) is 0 Å². The van der Waals surface area contributed by atoms with Crippen molar-refractivity contribution in [1.29, 1.82) is 0 Å². The number of aliphatic carboxylic acids is 1. The number of hydrogen-bond donors (Lipinski definition) is 2. The number of carbonyl (C=O) groups excluding carboxylic acids is 1. The number of hydrogen-bond acceptors (Lipinski definition) is 4. The molecule has 2 rings (SSSR count). The van der Waals surface area contributed by atoms with E-state index in [2.05, 4.69) is 12.1 Å². The van der Waals surface area contributed by atoms with E-state index in [1.165, 1.54) is 5.56 Å². The second kappa shape index (κ2) is 11.8. The van der Waals surface area contributed by atoms with Crippen LogP contribution in [0.1, 0.15) is 37.7 Å². The molecule has 0 bridgehead atoms. The minimum absolute atomic E-state index is 0.0588. The van der Waals surface area contributed by atoms with Crippen molar-refractivity contribution in [2.75, 3.05) is 18.1 Å². The summed E-state index contributed by atoms with van der Waals surface area (Å²) in [6, 6.07) is 10.2. The molecule has 2 N–H and O–H groups in total. The lowest BCUT2D eigenvalue weighted by Gasteiger charge is -2.22. The first-order chi connectivity index (χ1) is 13.1. The number of carboxylic acid groups (broad SMARTS) is 1. The molecule has 1 fully saturated rings. The van der Waals surface area contributed by atoms with Crippen molar-refractivity contribution in [3.8, 4) is 0 Å². The summed E-state index contributed by atoms with van der Waals surface area (Å²) in [7, 11) is 0. The lowest BCUT2D eigenvalue weighted by Crippen LogP contribution is -2.34. The van der Waals surface area contributed by atoms with Gasteiger partial charge in [-0.05, 0) is 37.0 Å². The van der Waals surface area contributed by atoms with Crippen LogP contribution in [-0.2, 0) is 16.0 Å². The highest BCUT2D eigenvalue weighted by molar-refractivity contribution is 7.99. The number of rotatable bonds is 12. The second-order valence-electron chi connectivity index (χ2n) is 6.78. The second-order valence-corrected chi connectivity index (χ2v) is 8.00. The van der Waals surface area contributed by atoms with Crippen LogP contribution in [0.15, 0.2) is 42.5 Å². The van der Waals surface area contributed by atoms with Gasteiger partial charge in [-0.15, -0.1) is 0 Å². The zero-order valence-corrected chi connectivity index (χ0v) is 16.4. The Bertz CT molecular complexity index is 620. The standard InChI is InChI=1S/C21H29NO4S/c23-19(11-8-17-5-2-1-3-6-17)12-9-18-10-13-20(24)22(18)14-16-27-15-4-7-21(25)26/h1-3,5-6,9,12,18-19,23H,4,7-8,10-11,13-16H2,(H,25,26)/t18-,19-/m0/s1. The Labute approximate surface area is 165 Å². The maximum atomic E-state index is 12.1. The van der Waals surface area contributed by atoms with Gasteiger partial charge in [0, 0.05) is 25.1 Å². The summed E-state index contributed by atoms with van der Waals surface area (Å²) in [6.07, 6.45) is 6.98. The van der Waals surface area contributed by atoms with Crippen LogP contribution in [0.25, 0.3) is 0 Å². The molecule has 1 aromatic rings. The summed E-state index contributed by atoms with van der Waals surface area (Å²) in [5.41, 5.74) is 1.21. The summed E-state index contributed by atoms with van der Waals surface area (Å²) in [5, 5.41) is 18.8. The molecule has 1 aliphatic rings.